The van der Waals surface area contributed by atoms with Crippen LogP contribution >= 0.6 is 0 Å². The monoisotopic (exact) mass is 725 g/mol. The van der Waals surface area contributed by atoms with Crippen LogP contribution in [0, 0.1) is 11.3 Å². The third-order valence-electron chi connectivity index (χ3n) is 13.3. The highest BCUT2D eigenvalue weighted by molar-refractivity contribution is 6.00. The maximum Gasteiger partial charge on any atom is 0.0732 e. The van der Waals surface area contributed by atoms with Crippen LogP contribution in [0.25, 0.3) is 39.6 Å². The second-order valence-electron chi connectivity index (χ2n) is 16.9. The van der Waals surface area contributed by atoms with Gasteiger partial charge in [0, 0.05) is 12.7 Å². The van der Waals surface area contributed by atoms with Gasteiger partial charge in [-0.25, -0.2) is 0 Å². The molecule has 0 amide bonds. The van der Waals surface area contributed by atoms with Gasteiger partial charge in [-0.2, -0.15) is 0 Å². The molecule has 5 aliphatic carbocycles. The third kappa shape index (κ3) is 6.28. The van der Waals surface area contributed by atoms with E-state index in [1.807, 2.05) is 0 Å². The Hall–Kier alpha value is -5.66. The molecule has 0 radical (unpaired) electrons. The molecule has 1 nitrogen and oxygen atoms in total. The van der Waals surface area contributed by atoms with Crippen molar-refractivity contribution in [2.45, 2.75) is 64.3 Å². The largest absolute Gasteiger partial charge is 0.364 e. The SMILES string of the molecule is CN1C(C2=CCCC=C2)=CC(c2cccc(C3=CC(C4(C)C=Cc5c(c6c(c7cc(C8=CC=CCC8)ccc57)CCC=C6)C4)CC=C3)c2)=CC1c1ccccc1. The molecule has 3 atom stereocenters. The van der Waals surface area contributed by atoms with E-state index in [0.29, 0.717) is 5.92 Å². The Labute approximate surface area is 333 Å². The summed E-state index contributed by atoms with van der Waals surface area (Å²) in [7, 11) is 2.24. The maximum atomic E-state index is 2.59. The second-order valence-corrected chi connectivity index (χ2v) is 16.9. The normalized spacial score (nSPS) is 23.9. The van der Waals surface area contributed by atoms with Gasteiger partial charge >= 0.3 is 0 Å². The van der Waals surface area contributed by atoms with Crippen LogP contribution in [0.15, 0.2) is 163 Å². The number of allylic oxidation sites excluding steroid dienone is 15. The standard InChI is InChI=1S/C55H51N/c1-55(31-30-50-49-29-28-44(38-16-6-3-7-17-38)34-51(49)47-26-12-13-27-48(47)52(50)37-55)46-25-15-24-43(33-46)41-22-14-23-42(32-41)45-35-53(39-18-8-4-9-19-39)56(2)54(36-45)40-20-10-5-11-21-40/h3-4,6,8-10,13-16,18-24,27-36,46,53H,5,7,11-12,17,25-26,37H2,1-2H3. The van der Waals surface area contributed by atoms with E-state index in [9.17, 15) is 0 Å². The van der Waals surface area contributed by atoms with Crippen molar-refractivity contribution in [3.05, 3.63) is 208 Å². The van der Waals surface area contributed by atoms with Gasteiger partial charge in [0.05, 0.1) is 6.04 Å². The fourth-order valence-corrected chi connectivity index (χ4v) is 10.1. The van der Waals surface area contributed by atoms with E-state index >= 15 is 0 Å². The lowest BCUT2D eigenvalue weighted by Crippen LogP contribution is -2.30. The number of hydrogen-bond donors (Lipinski definition) is 0. The molecule has 4 aromatic rings. The van der Waals surface area contributed by atoms with Gasteiger partial charge in [0.25, 0.3) is 0 Å². The van der Waals surface area contributed by atoms with Crippen molar-refractivity contribution in [2.75, 3.05) is 7.05 Å². The highest BCUT2D eigenvalue weighted by Crippen LogP contribution is 2.48. The lowest BCUT2D eigenvalue weighted by atomic mass is 9.65. The van der Waals surface area contributed by atoms with Crippen LogP contribution in [0.1, 0.15) is 96.0 Å². The van der Waals surface area contributed by atoms with E-state index in [1.165, 1.54) is 72.1 Å². The van der Waals surface area contributed by atoms with Gasteiger partial charge in [0.15, 0.2) is 0 Å². The Morgan fingerprint density at radius 2 is 1.48 bits per heavy atom. The predicted octanol–water partition coefficient (Wildman–Crippen LogP) is 14.0. The van der Waals surface area contributed by atoms with E-state index in [-0.39, 0.29) is 11.5 Å². The van der Waals surface area contributed by atoms with Crippen LogP contribution in [0.2, 0.25) is 0 Å². The summed E-state index contributed by atoms with van der Waals surface area (Å²) in [5.74, 6) is 0.407. The molecule has 0 N–H and O–H groups in total. The number of nitrogens with zero attached hydrogens (tertiary/aromatic N) is 1. The fourth-order valence-electron chi connectivity index (χ4n) is 10.1. The van der Waals surface area contributed by atoms with Crippen LogP contribution in [0.4, 0.5) is 0 Å². The minimum atomic E-state index is 0.0187. The van der Waals surface area contributed by atoms with Gasteiger partial charge in [0.1, 0.15) is 0 Å². The van der Waals surface area contributed by atoms with Crippen LogP contribution in [-0.2, 0) is 12.8 Å². The van der Waals surface area contributed by atoms with E-state index in [0.717, 1.165) is 51.4 Å². The highest BCUT2D eigenvalue weighted by atomic mass is 15.1. The van der Waals surface area contributed by atoms with Crippen molar-refractivity contribution in [1.29, 1.82) is 0 Å². The molecule has 0 aromatic heterocycles. The third-order valence-corrected chi connectivity index (χ3v) is 13.3. The summed E-state index contributed by atoms with van der Waals surface area (Å²) in [4.78, 5) is 2.44. The van der Waals surface area contributed by atoms with Crippen molar-refractivity contribution in [2.24, 2.45) is 11.3 Å². The summed E-state index contributed by atoms with van der Waals surface area (Å²) >= 11 is 0. The summed E-state index contributed by atoms with van der Waals surface area (Å²) < 4.78 is 0. The zero-order chi connectivity index (χ0) is 37.6. The van der Waals surface area contributed by atoms with E-state index in [2.05, 4.69) is 183 Å². The molecule has 56 heavy (non-hydrogen) atoms. The molecule has 0 fully saturated rings. The lowest BCUT2D eigenvalue weighted by molar-refractivity contribution is 0.305. The number of rotatable bonds is 6. The minimum absolute atomic E-state index is 0.0187. The number of benzene rings is 4. The fraction of sp³-hybridized carbons (Fsp3) is 0.236. The maximum absolute atomic E-state index is 2.59. The Morgan fingerprint density at radius 1 is 0.643 bits per heavy atom. The van der Waals surface area contributed by atoms with Crippen LogP contribution < -0.4 is 0 Å². The van der Waals surface area contributed by atoms with Gasteiger partial charge in [0.2, 0.25) is 0 Å². The first-order valence-corrected chi connectivity index (χ1v) is 20.9. The van der Waals surface area contributed by atoms with Gasteiger partial charge in [-0.3, -0.25) is 0 Å². The zero-order valence-electron chi connectivity index (χ0n) is 32.8. The van der Waals surface area contributed by atoms with Gasteiger partial charge in [-0.15, -0.1) is 0 Å². The second kappa shape index (κ2) is 14.4. The molecule has 0 saturated carbocycles. The quantitative estimate of drug-likeness (QED) is 0.191. The lowest BCUT2D eigenvalue weighted by Gasteiger charge is -2.39. The first-order valence-electron chi connectivity index (χ1n) is 20.9. The number of hydrogen-bond acceptors (Lipinski definition) is 1. The molecule has 0 saturated heterocycles. The molecule has 1 heteroatoms. The Kier molecular flexibility index (Phi) is 8.98. The molecule has 4 aromatic carbocycles. The van der Waals surface area contributed by atoms with Crippen molar-refractivity contribution in [3.63, 3.8) is 0 Å². The average molecular weight is 726 g/mol. The Morgan fingerprint density at radius 3 is 2.32 bits per heavy atom. The summed E-state index contributed by atoms with van der Waals surface area (Å²) in [5, 5.41) is 2.88. The molecule has 1 aliphatic heterocycles. The number of fused-ring (bicyclic) bond motifs is 6. The summed E-state index contributed by atoms with van der Waals surface area (Å²) in [6.07, 6.45) is 44.8. The summed E-state index contributed by atoms with van der Waals surface area (Å²) in [6, 6.07) is 27.7. The van der Waals surface area contributed by atoms with Crippen LogP contribution in [0.5, 0.6) is 0 Å². The topological polar surface area (TPSA) is 3.24 Å². The Bertz CT molecular complexity index is 2550. The summed E-state index contributed by atoms with van der Waals surface area (Å²) in [6.45, 7) is 2.50. The average Bonchev–Trinajstić information content (AvgIpc) is 3.27. The molecular weight excluding hydrogens is 675 g/mol. The number of likely N-dealkylation sites (N-methyl/N-ethyl adjacent to an activating group) is 1. The summed E-state index contributed by atoms with van der Waals surface area (Å²) in [5.41, 5.74) is 18.0. The molecule has 0 bridgehead atoms. The van der Waals surface area contributed by atoms with Crippen molar-refractivity contribution < 1.29 is 0 Å². The highest BCUT2D eigenvalue weighted by Gasteiger charge is 2.36. The van der Waals surface area contributed by atoms with E-state index < -0.39 is 0 Å². The van der Waals surface area contributed by atoms with Crippen molar-refractivity contribution in [1.82, 2.24) is 4.90 Å². The van der Waals surface area contributed by atoms with Gasteiger partial charge in [-0.05, 0) is 165 Å². The molecule has 6 aliphatic rings. The van der Waals surface area contributed by atoms with Gasteiger partial charge in [-0.1, -0.05) is 147 Å². The first-order chi connectivity index (χ1) is 27.5. The molecule has 1 heterocycles. The minimum Gasteiger partial charge on any atom is -0.364 e. The van der Waals surface area contributed by atoms with Crippen LogP contribution in [0.3, 0.4) is 0 Å². The van der Waals surface area contributed by atoms with E-state index in [1.54, 1.807) is 11.1 Å². The molecule has 3 unspecified atom stereocenters. The van der Waals surface area contributed by atoms with Crippen molar-refractivity contribution >= 4 is 39.6 Å². The molecule has 0 spiro atoms. The predicted molar refractivity (Wildman–Crippen MR) is 240 cm³/mol. The molecule has 10 rings (SSSR count). The van der Waals surface area contributed by atoms with E-state index in [4.69, 9.17) is 0 Å². The Balaban J connectivity index is 0.988. The van der Waals surface area contributed by atoms with Gasteiger partial charge < -0.3 is 4.90 Å². The molecular formula is C55H51N. The van der Waals surface area contributed by atoms with Crippen LogP contribution in [-0.4, -0.2) is 11.9 Å². The smallest absolute Gasteiger partial charge is 0.0732 e. The van der Waals surface area contributed by atoms with Crippen molar-refractivity contribution in [3.8, 4) is 0 Å². The molecule has 276 valence electrons. The zero-order valence-corrected chi connectivity index (χ0v) is 32.8. The first kappa shape index (κ1) is 34.8. The number of aryl methyl sites for hydroxylation is 1.